The fraction of sp³-hybridized carbons (Fsp3) is 0. The van der Waals surface area contributed by atoms with Crippen LogP contribution in [0, 0.1) is 0 Å². The Morgan fingerprint density at radius 1 is 0.947 bits per heavy atom. The molecule has 1 aliphatic heterocycles. The monoisotopic (exact) mass is 282 g/mol. The van der Waals surface area contributed by atoms with Crippen molar-refractivity contribution in [2.24, 2.45) is 0 Å². The van der Waals surface area contributed by atoms with Crippen LogP contribution in [0.4, 0.5) is 11.4 Å². The van der Waals surface area contributed by atoms with Gasteiger partial charge in [0.2, 0.25) is 0 Å². The van der Waals surface area contributed by atoms with E-state index >= 15 is 0 Å². The smallest absolute Gasteiger partial charge is 0.0811 e. The normalized spacial score (nSPS) is 12.4. The van der Waals surface area contributed by atoms with Gasteiger partial charge in [0, 0.05) is 20.7 Å². The molecular weight excluding hydrogens is 272 g/mol. The van der Waals surface area contributed by atoms with Crippen molar-refractivity contribution in [3.05, 3.63) is 53.4 Å². The van der Waals surface area contributed by atoms with Gasteiger partial charge in [0.15, 0.2) is 0 Å². The van der Waals surface area contributed by atoms with Crippen LogP contribution in [0.15, 0.2) is 63.1 Å². The van der Waals surface area contributed by atoms with E-state index in [0.717, 1.165) is 16.9 Å². The number of fused-ring (bicyclic) bond motifs is 2. The van der Waals surface area contributed by atoms with E-state index in [0.29, 0.717) is 0 Å². The number of nitrogens with one attached hydrogen (secondary N) is 1. The molecular formula is C15H10N2S2. The van der Waals surface area contributed by atoms with E-state index in [1.54, 1.807) is 11.3 Å². The Hall–Kier alpha value is -1.78. The summed E-state index contributed by atoms with van der Waals surface area (Å²) in [5.74, 6) is 0. The molecule has 2 heterocycles. The molecule has 1 N–H and O–H groups in total. The minimum absolute atomic E-state index is 1.04. The number of hydrogen-bond acceptors (Lipinski definition) is 4. The number of nitrogens with zero attached hydrogens (tertiary/aromatic N) is 1. The number of anilines is 2. The fourth-order valence-corrected chi connectivity index (χ4v) is 3.68. The van der Waals surface area contributed by atoms with Crippen LogP contribution in [0.3, 0.4) is 0 Å². The summed E-state index contributed by atoms with van der Waals surface area (Å²) in [6.45, 7) is 0. The molecule has 0 saturated carbocycles. The van der Waals surface area contributed by atoms with Crippen molar-refractivity contribution in [1.82, 2.24) is 4.98 Å². The molecule has 0 spiro atoms. The van der Waals surface area contributed by atoms with Crippen LogP contribution in [-0.2, 0) is 0 Å². The van der Waals surface area contributed by atoms with Crippen LogP contribution in [-0.4, -0.2) is 4.98 Å². The highest BCUT2D eigenvalue weighted by atomic mass is 32.2. The van der Waals surface area contributed by atoms with Gasteiger partial charge in [0.1, 0.15) is 0 Å². The Kier molecular flexibility index (Phi) is 2.57. The molecule has 0 amide bonds. The highest BCUT2D eigenvalue weighted by molar-refractivity contribution is 7.99. The third-order valence-electron chi connectivity index (χ3n) is 3.08. The van der Waals surface area contributed by atoms with E-state index in [-0.39, 0.29) is 0 Å². The lowest BCUT2D eigenvalue weighted by Crippen LogP contribution is -1.99. The largest absolute Gasteiger partial charge is 0.354 e. The van der Waals surface area contributed by atoms with Crippen molar-refractivity contribution in [2.45, 2.75) is 9.79 Å². The van der Waals surface area contributed by atoms with Crippen LogP contribution < -0.4 is 5.32 Å². The molecule has 4 rings (SSSR count). The Labute approximate surface area is 119 Å². The van der Waals surface area contributed by atoms with Crippen molar-refractivity contribution in [1.29, 1.82) is 0 Å². The highest BCUT2D eigenvalue weighted by Gasteiger charge is 2.15. The maximum absolute atomic E-state index is 4.36. The first-order chi connectivity index (χ1) is 9.40. The summed E-state index contributed by atoms with van der Waals surface area (Å²) in [7, 11) is 0. The van der Waals surface area contributed by atoms with Crippen LogP contribution in [0.1, 0.15) is 0 Å². The minimum Gasteiger partial charge on any atom is -0.354 e. The lowest BCUT2D eigenvalue weighted by molar-refractivity contribution is 1.31. The predicted octanol–water partition coefficient (Wildman–Crippen LogP) is 5.02. The molecule has 1 aromatic heterocycles. The Balaban J connectivity index is 1.78. The van der Waals surface area contributed by atoms with Crippen molar-refractivity contribution >= 4 is 34.5 Å². The maximum Gasteiger partial charge on any atom is 0.0811 e. The van der Waals surface area contributed by atoms with E-state index < -0.39 is 0 Å². The Morgan fingerprint density at radius 2 is 1.84 bits per heavy atom. The van der Waals surface area contributed by atoms with Gasteiger partial charge in [-0.3, -0.25) is 0 Å². The third-order valence-corrected chi connectivity index (χ3v) is 4.82. The Morgan fingerprint density at radius 3 is 2.74 bits per heavy atom. The Bertz CT molecular complexity index is 736. The van der Waals surface area contributed by atoms with Crippen molar-refractivity contribution in [3.8, 4) is 11.3 Å². The molecule has 0 atom stereocenters. The number of benzene rings is 2. The first-order valence-electron chi connectivity index (χ1n) is 5.97. The number of thiazole rings is 1. The SMILES string of the molecule is c1ccc2c(c1)Nc1cc(-c3cscn3)ccc1S2. The van der Waals surface area contributed by atoms with E-state index in [9.17, 15) is 0 Å². The average Bonchev–Trinajstić information content (AvgIpc) is 2.98. The third kappa shape index (κ3) is 1.93. The fourth-order valence-electron chi connectivity index (χ4n) is 2.15. The van der Waals surface area contributed by atoms with E-state index in [1.807, 2.05) is 17.3 Å². The lowest BCUT2D eigenvalue weighted by Gasteiger charge is -2.21. The molecule has 4 heteroatoms. The van der Waals surface area contributed by atoms with Gasteiger partial charge in [0.05, 0.1) is 22.6 Å². The standard InChI is InChI=1S/C15H10N2S2/c1-2-4-14-11(3-1)17-12-7-10(5-6-15(12)19-14)13-8-18-9-16-13/h1-9,17H. The van der Waals surface area contributed by atoms with Gasteiger partial charge in [-0.15, -0.1) is 11.3 Å². The van der Waals surface area contributed by atoms with Gasteiger partial charge in [-0.25, -0.2) is 4.98 Å². The van der Waals surface area contributed by atoms with Crippen molar-refractivity contribution in [3.63, 3.8) is 0 Å². The summed E-state index contributed by atoms with van der Waals surface area (Å²) in [5, 5.41) is 5.57. The van der Waals surface area contributed by atoms with Gasteiger partial charge in [-0.1, -0.05) is 30.0 Å². The molecule has 0 unspecified atom stereocenters. The topological polar surface area (TPSA) is 24.9 Å². The van der Waals surface area contributed by atoms with Gasteiger partial charge < -0.3 is 5.32 Å². The number of rotatable bonds is 1. The highest BCUT2D eigenvalue weighted by Crippen LogP contribution is 2.44. The first kappa shape index (κ1) is 11.1. The molecule has 0 saturated heterocycles. The van der Waals surface area contributed by atoms with E-state index in [1.165, 1.54) is 15.5 Å². The second-order valence-corrected chi connectivity index (χ2v) is 6.11. The number of hydrogen-bond donors (Lipinski definition) is 1. The van der Waals surface area contributed by atoms with Gasteiger partial charge >= 0.3 is 0 Å². The molecule has 0 fully saturated rings. The summed E-state index contributed by atoms with van der Waals surface area (Å²) >= 11 is 3.43. The van der Waals surface area contributed by atoms with E-state index in [2.05, 4.69) is 58.1 Å². The van der Waals surface area contributed by atoms with E-state index in [4.69, 9.17) is 0 Å². The molecule has 0 radical (unpaired) electrons. The van der Waals surface area contributed by atoms with Gasteiger partial charge in [-0.05, 0) is 24.3 Å². The molecule has 2 aromatic carbocycles. The number of aromatic nitrogens is 1. The predicted molar refractivity (Wildman–Crippen MR) is 81.4 cm³/mol. The van der Waals surface area contributed by atoms with Gasteiger partial charge in [-0.2, -0.15) is 0 Å². The zero-order valence-corrected chi connectivity index (χ0v) is 11.6. The van der Waals surface area contributed by atoms with Crippen LogP contribution in [0.2, 0.25) is 0 Å². The molecule has 3 aromatic rings. The van der Waals surface area contributed by atoms with Gasteiger partial charge in [0.25, 0.3) is 0 Å². The van der Waals surface area contributed by atoms with Crippen LogP contribution in [0.5, 0.6) is 0 Å². The summed E-state index contributed by atoms with van der Waals surface area (Å²) in [6.07, 6.45) is 0. The zero-order chi connectivity index (χ0) is 12.7. The first-order valence-corrected chi connectivity index (χ1v) is 7.72. The molecule has 92 valence electrons. The van der Waals surface area contributed by atoms with Crippen LogP contribution in [0.25, 0.3) is 11.3 Å². The second kappa shape index (κ2) is 4.40. The zero-order valence-electron chi connectivity index (χ0n) is 9.96. The molecule has 1 aliphatic rings. The number of para-hydroxylation sites is 1. The van der Waals surface area contributed by atoms with Crippen molar-refractivity contribution < 1.29 is 0 Å². The van der Waals surface area contributed by atoms with Crippen LogP contribution >= 0.6 is 23.1 Å². The minimum atomic E-state index is 1.04. The quantitative estimate of drug-likeness (QED) is 0.530. The second-order valence-electron chi connectivity index (χ2n) is 4.31. The van der Waals surface area contributed by atoms with Crippen molar-refractivity contribution in [2.75, 3.05) is 5.32 Å². The lowest BCUT2D eigenvalue weighted by atomic mass is 10.1. The summed E-state index contributed by atoms with van der Waals surface area (Å²) in [5.41, 5.74) is 6.40. The molecule has 19 heavy (non-hydrogen) atoms. The maximum atomic E-state index is 4.36. The summed E-state index contributed by atoms with van der Waals surface area (Å²) in [6, 6.07) is 14.9. The molecule has 2 nitrogen and oxygen atoms in total. The molecule has 0 bridgehead atoms. The molecule has 0 aliphatic carbocycles. The average molecular weight is 282 g/mol. The summed E-state index contributed by atoms with van der Waals surface area (Å²) < 4.78 is 0. The summed E-state index contributed by atoms with van der Waals surface area (Å²) in [4.78, 5) is 6.90.